The zero-order chi connectivity index (χ0) is 39.2. The van der Waals surface area contributed by atoms with E-state index in [1.807, 2.05) is 109 Å². The van der Waals surface area contributed by atoms with Crippen LogP contribution in [0.25, 0.3) is 0 Å². The van der Waals surface area contributed by atoms with Gasteiger partial charge in [0.1, 0.15) is 0 Å². The molecule has 7 aromatic rings. The van der Waals surface area contributed by atoms with Crippen LogP contribution in [-0.2, 0) is 0 Å². The highest BCUT2D eigenvalue weighted by Crippen LogP contribution is 2.47. The minimum atomic E-state index is -0.627. The highest BCUT2D eigenvalue weighted by atomic mass is 15.2. The summed E-state index contributed by atoms with van der Waals surface area (Å²) in [6.45, 7) is -0.253. The van der Waals surface area contributed by atoms with Gasteiger partial charge in [0, 0.05) is 45.5 Å². The van der Waals surface area contributed by atoms with Crippen molar-refractivity contribution in [2.45, 2.75) is 0 Å². The van der Waals surface area contributed by atoms with E-state index in [1.54, 1.807) is 0 Å². The lowest BCUT2D eigenvalue weighted by Gasteiger charge is -2.45. The molecule has 7 aromatic carbocycles. The first-order valence-electron chi connectivity index (χ1n) is 20.0. The Hall–Kier alpha value is -6.00. The molecule has 0 saturated carbocycles. The smallest absolute Gasteiger partial charge is 0.252 e. The van der Waals surface area contributed by atoms with E-state index in [-0.39, 0.29) is 23.8 Å². The van der Waals surface area contributed by atoms with Crippen molar-refractivity contribution in [3.8, 4) is 0 Å². The van der Waals surface area contributed by atoms with Crippen LogP contribution in [0.5, 0.6) is 0 Å². The van der Waals surface area contributed by atoms with Crippen molar-refractivity contribution in [1.82, 2.24) is 0 Å². The Morgan fingerprint density at radius 2 is 0.848 bits per heavy atom. The molecule has 0 aromatic heterocycles. The standard InChI is InChI=1S/C42H30BN3/c1-5-17-31(18-6-1)44(32-19-7-2-8-20-32)35-29-40-42-41(30-35)46(34-23-11-4-12-24-34)39-28-16-14-26-37(39)43(42)36-25-13-15-27-38(36)45(40)33-21-9-3-10-22-33/h1-30H/i1D,2D,5D,6D,7D,8D,17D,18D,19D,20D. The van der Waals surface area contributed by atoms with Crippen LogP contribution in [0, 0.1) is 0 Å². The molecular weight excluding hydrogens is 557 g/mol. The first kappa shape index (κ1) is 18.1. The molecule has 0 unspecified atom stereocenters. The fourth-order valence-corrected chi connectivity index (χ4v) is 6.80. The normalized spacial score (nSPS) is 15.7. The van der Waals surface area contributed by atoms with Gasteiger partial charge in [-0.15, -0.1) is 0 Å². The lowest BCUT2D eigenvalue weighted by atomic mass is 9.33. The molecule has 0 N–H and O–H groups in total. The van der Waals surface area contributed by atoms with Gasteiger partial charge in [0.25, 0.3) is 6.71 Å². The van der Waals surface area contributed by atoms with Crippen molar-refractivity contribution < 1.29 is 13.7 Å². The molecule has 0 fully saturated rings. The Kier molecular flexibility index (Phi) is 4.27. The minimum Gasteiger partial charge on any atom is -0.311 e. The Morgan fingerprint density at radius 1 is 0.435 bits per heavy atom. The third-order valence-electron chi connectivity index (χ3n) is 8.58. The molecule has 0 atom stereocenters. The Balaban J connectivity index is 1.48. The van der Waals surface area contributed by atoms with Crippen LogP contribution < -0.4 is 31.1 Å². The van der Waals surface area contributed by atoms with Crippen LogP contribution in [0.2, 0.25) is 0 Å². The number of rotatable bonds is 5. The Labute approximate surface area is 284 Å². The van der Waals surface area contributed by atoms with E-state index in [0.29, 0.717) is 11.4 Å². The summed E-state index contributed by atoms with van der Waals surface area (Å²) in [5.74, 6) is 0. The average Bonchev–Trinajstić information content (AvgIpc) is 3.23. The number of para-hydroxylation sites is 6. The van der Waals surface area contributed by atoms with E-state index in [0.717, 1.165) is 39.1 Å². The van der Waals surface area contributed by atoms with Crippen LogP contribution in [0.3, 0.4) is 0 Å². The van der Waals surface area contributed by atoms with Crippen molar-refractivity contribution >= 4 is 74.3 Å². The molecule has 0 bridgehead atoms. The average molecular weight is 598 g/mol. The first-order valence-corrected chi connectivity index (χ1v) is 15.0. The summed E-state index contributed by atoms with van der Waals surface area (Å²) < 4.78 is 87.9. The summed E-state index contributed by atoms with van der Waals surface area (Å²) in [5.41, 5.74) is 7.43. The topological polar surface area (TPSA) is 9.72 Å². The molecule has 9 rings (SSSR count). The fraction of sp³-hybridized carbons (Fsp3) is 0. The Morgan fingerprint density at radius 3 is 1.30 bits per heavy atom. The molecule has 0 radical (unpaired) electrons. The first-order chi connectivity index (χ1) is 27.0. The van der Waals surface area contributed by atoms with Crippen molar-refractivity contribution in [3.05, 3.63) is 182 Å². The van der Waals surface area contributed by atoms with E-state index < -0.39 is 60.4 Å². The molecule has 216 valence electrons. The van der Waals surface area contributed by atoms with Crippen molar-refractivity contribution in [2.75, 3.05) is 14.7 Å². The molecule has 2 aliphatic heterocycles. The van der Waals surface area contributed by atoms with Gasteiger partial charge in [0.2, 0.25) is 0 Å². The highest BCUT2D eigenvalue weighted by Gasteiger charge is 2.43. The lowest BCUT2D eigenvalue weighted by molar-refractivity contribution is 1.23. The monoisotopic (exact) mass is 597 g/mol. The number of hydrogen-bond acceptors (Lipinski definition) is 3. The maximum absolute atomic E-state index is 9.14. The van der Waals surface area contributed by atoms with Gasteiger partial charge >= 0.3 is 0 Å². The highest BCUT2D eigenvalue weighted by molar-refractivity contribution is 7.00. The van der Waals surface area contributed by atoms with Crippen molar-refractivity contribution in [1.29, 1.82) is 0 Å². The van der Waals surface area contributed by atoms with Crippen LogP contribution >= 0.6 is 0 Å². The number of fused-ring (bicyclic) bond motifs is 4. The predicted molar refractivity (Wildman–Crippen MR) is 195 cm³/mol. The summed E-state index contributed by atoms with van der Waals surface area (Å²) in [4.78, 5) is 5.47. The minimum absolute atomic E-state index is 0.218. The molecule has 0 amide bonds. The van der Waals surface area contributed by atoms with Crippen molar-refractivity contribution in [3.63, 3.8) is 0 Å². The second-order valence-corrected chi connectivity index (χ2v) is 11.1. The van der Waals surface area contributed by atoms with Gasteiger partial charge in [-0.2, -0.15) is 0 Å². The van der Waals surface area contributed by atoms with E-state index in [2.05, 4.69) is 21.9 Å². The zero-order valence-electron chi connectivity index (χ0n) is 34.5. The van der Waals surface area contributed by atoms with Gasteiger partial charge in [0.05, 0.1) is 19.4 Å². The third kappa shape index (κ3) is 4.15. The summed E-state index contributed by atoms with van der Waals surface area (Å²) in [6.07, 6.45) is 0. The van der Waals surface area contributed by atoms with E-state index in [9.17, 15) is 0 Å². The molecule has 0 spiro atoms. The lowest BCUT2D eigenvalue weighted by Crippen LogP contribution is -2.61. The largest absolute Gasteiger partial charge is 0.311 e. The van der Waals surface area contributed by atoms with Crippen LogP contribution in [-0.4, -0.2) is 6.71 Å². The summed E-state index contributed by atoms with van der Waals surface area (Å²) in [7, 11) is 0. The predicted octanol–water partition coefficient (Wildman–Crippen LogP) is 9.24. The second-order valence-electron chi connectivity index (χ2n) is 11.1. The summed E-state index contributed by atoms with van der Waals surface area (Å²) >= 11 is 0. The molecule has 2 heterocycles. The Bertz CT molecular complexity index is 2510. The van der Waals surface area contributed by atoms with Crippen LogP contribution in [0.1, 0.15) is 13.7 Å². The van der Waals surface area contributed by atoms with Gasteiger partial charge in [-0.1, -0.05) is 109 Å². The SMILES string of the molecule is [2H]c1c([2H])c([2H])c(N(c2cc3c4c(c2)N(c2ccccc2)c2ccccc2B4c2ccccc2N3c2ccccc2)c2c([2H])c([2H])c([2H])c([2H])c2[2H])c([2H])c1[2H]. The molecule has 3 nitrogen and oxygen atoms in total. The number of hydrogen-bond donors (Lipinski definition) is 0. The second kappa shape index (κ2) is 10.9. The molecule has 2 aliphatic rings. The maximum atomic E-state index is 9.14. The van der Waals surface area contributed by atoms with Gasteiger partial charge in [-0.25, -0.2) is 0 Å². The molecule has 4 heteroatoms. The number of nitrogens with zero attached hydrogens (tertiary/aromatic N) is 3. The zero-order valence-corrected chi connectivity index (χ0v) is 24.5. The fourth-order valence-electron chi connectivity index (χ4n) is 6.80. The van der Waals surface area contributed by atoms with Gasteiger partial charge < -0.3 is 14.7 Å². The quantitative estimate of drug-likeness (QED) is 0.183. The van der Waals surface area contributed by atoms with E-state index >= 15 is 0 Å². The van der Waals surface area contributed by atoms with Crippen LogP contribution in [0.4, 0.5) is 51.2 Å². The summed E-state index contributed by atoms with van der Waals surface area (Å²) in [6, 6.07) is 33.4. The van der Waals surface area contributed by atoms with E-state index in [1.165, 1.54) is 4.90 Å². The van der Waals surface area contributed by atoms with Crippen molar-refractivity contribution in [2.24, 2.45) is 0 Å². The maximum Gasteiger partial charge on any atom is 0.252 e. The molecular formula is C42H30BN3. The number of benzene rings is 7. The van der Waals surface area contributed by atoms with E-state index in [4.69, 9.17) is 13.7 Å². The van der Waals surface area contributed by atoms with Gasteiger partial charge in [-0.05, 0) is 89.1 Å². The number of anilines is 9. The van der Waals surface area contributed by atoms with Crippen LogP contribution in [0.15, 0.2) is 182 Å². The van der Waals surface area contributed by atoms with Gasteiger partial charge in [-0.3, -0.25) is 0 Å². The summed E-state index contributed by atoms with van der Waals surface area (Å²) in [5, 5.41) is 0. The molecule has 0 saturated heterocycles. The molecule has 46 heavy (non-hydrogen) atoms. The van der Waals surface area contributed by atoms with Gasteiger partial charge in [0.15, 0.2) is 0 Å². The molecule has 0 aliphatic carbocycles. The third-order valence-corrected chi connectivity index (χ3v) is 8.58.